The van der Waals surface area contributed by atoms with Crippen molar-refractivity contribution in [1.29, 1.82) is 5.26 Å². The fourth-order valence-electron chi connectivity index (χ4n) is 0.828. The molecule has 0 atom stereocenters. The van der Waals surface area contributed by atoms with Crippen molar-refractivity contribution < 1.29 is 17.4 Å². The van der Waals surface area contributed by atoms with E-state index in [0.717, 1.165) is 18.2 Å². The summed E-state index contributed by atoms with van der Waals surface area (Å²) in [5, 5.41) is 8.40. The van der Waals surface area contributed by atoms with Crippen LogP contribution in [0.2, 0.25) is 0 Å². The van der Waals surface area contributed by atoms with E-state index in [9.17, 15) is 12.8 Å². The maximum Gasteiger partial charge on any atom is 0.295 e. The molecule has 0 radical (unpaired) electrons. The molecule has 0 aliphatic heterocycles. The van der Waals surface area contributed by atoms with E-state index in [1.165, 1.54) is 6.07 Å². The maximum atomic E-state index is 12.8. The van der Waals surface area contributed by atoms with E-state index in [1.807, 2.05) is 0 Å². The lowest BCUT2D eigenvalue weighted by molar-refractivity contribution is 0.481. The van der Waals surface area contributed by atoms with Crippen molar-refractivity contribution in [2.75, 3.05) is 0 Å². The summed E-state index contributed by atoms with van der Waals surface area (Å²) < 4.78 is 42.6. The molecule has 0 spiro atoms. The van der Waals surface area contributed by atoms with E-state index in [1.54, 1.807) is 0 Å². The highest BCUT2D eigenvalue weighted by molar-refractivity contribution is 7.85. The van der Waals surface area contributed by atoms with Crippen molar-refractivity contribution in [3.8, 4) is 6.07 Å². The Morgan fingerprint density at radius 2 is 2.08 bits per heavy atom. The fourth-order valence-corrected chi connectivity index (χ4v) is 1.48. The first-order chi connectivity index (χ1) is 5.96. The normalized spacial score (nSPS) is 10.8. The van der Waals surface area contributed by atoms with Crippen molar-refractivity contribution in [2.24, 2.45) is 0 Å². The number of hydrogen-bond acceptors (Lipinski definition) is 3. The molecule has 1 rings (SSSR count). The van der Waals surface area contributed by atoms with Gasteiger partial charge in [-0.15, -0.1) is 0 Å². The SMILES string of the molecule is N#Cc1c(F)cccc1S(=O)(=O)O. The van der Waals surface area contributed by atoms with Gasteiger partial charge in [0.2, 0.25) is 0 Å². The molecule has 0 saturated carbocycles. The maximum absolute atomic E-state index is 12.8. The van der Waals surface area contributed by atoms with Gasteiger partial charge < -0.3 is 0 Å². The molecule has 0 amide bonds. The highest BCUT2D eigenvalue weighted by Gasteiger charge is 2.17. The molecule has 0 aliphatic rings. The van der Waals surface area contributed by atoms with E-state index in [0.29, 0.717) is 0 Å². The summed E-state index contributed by atoms with van der Waals surface area (Å²) in [6.45, 7) is 0. The van der Waals surface area contributed by atoms with E-state index >= 15 is 0 Å². The van der Waals surface area contributed by atoms with Crippen LogP contribution < -0.4 is 0 Å². The molecule has 13 heavy (non-hydrogen) atoms. The Bertz CT molecular complexity index is 475. The smallest absolute Gasteiger partial charge is 0.282 e. The van der Waals surface area contributed by atoms with Gasteiger partial charge in [0.25, 0.3) is 10.1 Å². The van der Waals surface area contributed by atoms with Gasteiger partial charge in [-0.1, -0.05) is 6.07 Å². The highest BCUT2D eigenvalue weighted by atomic mass is 32.2. The molecule has 0 fully saturated rings. The van der Waals surface area contributed by atoms with E-state index in [4.69, 9.17) is 9.81 Å². The molecule has 1 N–H and O–H groups in total. The van der Waals surface area contributed by atoms with E-state index in [2.05, 4.69) is 0 Å². The number of benzene rings is 1. The Hall–Kier alpha value is -1.45. The van der Waals surface area contributed by atoms with Crippen LogP contribution in [0, 0.1) is 17.1 Å². The van der Waals surface area contributed by atoms with Gasteiger partial charge in [0.1, 0.15) is 22.3 Å². The van der Waals surface area contributed by atoms with E-state index < -0.39 is 26.4 Å². The number of halogens is 1. The van der Waals surface area contributed by atoms with Gasteiger partial charge in [-0.2, -0.15) is 13.7 Å². The van der Waals surface area contributed by atoms with Gasteiger partial charge in [-0.05, 0) is 12.1 Å². The third-order valence-electron chi connectivity index (χ3n) is 1.37. The summed E-state index contributed by atoms with van der Waals surface area (Å²) in [6.07, 6.45) is 0. The van der Waals surface area contributed by atoms with Crippen LogP contribution in [0.5, 0.6) is 0 Å². The van der Waals surface area contributed by atoms with Crippen molar-refractivity contribution in [3.63, 3.8) is 0 Å². The van der Waals surface area contributed by atoms with Crippen LogP contribution in [0.25, 0.3) is 0 Å². The molecule has 0 bridgehead atoms. The average Bonchev–Trinajstić information content (AvgIpc) is 2.02. The molecule has 6 heteroatoms. The van der Waals surface area contributed by atoms with Crippen molar-refractivity contribution in [2.45, 2.75) is 4.90 Å². The predicted octanol–water partition coefficient (Wildman–Crippen LogP) is 0.944. The standard InChI is InChI=1S/C7H4FNO3S/c8-6-2-1-3-7(5(6)4-9)13(10,11)12/h1-3H,(H,10,11,12). The Morgan fingerprint density at radius 3 is 2.46 bits per heavy atom. The van der Waals surface area contributed by atoms with Gasteiger partial charge in [0.05, 0.1) is 0 Å². The van der Waals surface area contributed by atoms with Gasteiger partial charge in [0.15, 0.2) is 0 Å². The van der Waals surface area contributed by atoms with Crippen molar-refractivity contribution >= 4 is 10.1 Å². The summed E-state index contributed by atoms with van der Waals surface area (Å²) in [4.78, 5) is -0.713. The largest absolute Gasteiger partial charge is 0.295 e. The molecule has 0 aliphatic carbocycles. The van der Waals surface area contributed by atoms with Gasteiger partial charge in [-0.25, -0.2) is 4.39 Å². The molecule has 4 nitrogen and oxygen atoms in total. The van der Waals surface area contributed by atoms with Crippen LogP contribution in [0.15, 0.2) is 23.1 Å². The Labute approximate surface area is 74.0 Å². The number of nitrogens with zero attached hydrogens (tertiary/aromatic N) is 1. The average molecular weight is 201 g/mol. The molecular formula is C7H4FNO3S. The first kappa shape index (κ1) is 9.64. The highest BCUT2D eigenvalue weighted by Crippen LogP contribution is 2.16. The fraction of sp³-hybridized carbons (Fsp3) is 0. The zero-order valence-corrected chi connectivity index (χ0v) is 7.05. The third kappa shape index (κ3) is 1.83. The Kier molecular flexibility index (Phi) is 2.32. The molecular weight excluding hydrogens is 197 g/mol. The second-order valence-corrected chi connectivity index (χ2v) is 3.59. The molecule has 68 valence electrons. The Balaban J connectivity index is 3.59. The minimum absolute atomic E-state index is 0.676. The van der Waals surface area contributed by atoms with Crippen LogP contribution in [-0.2, 0) is 10.1 Å². The zero-order chi connectivity index (χ0) is 10.1. The topological polar surface area (TPSA) is 78.2 Å². The summed E-state index contributed by atoms with van der Waals surface area (Å²) >= 11 is 0. The van der Waals surface area contributed by atoms with Crippen LogP contribution >= 0.6 is 0 Å². The second-order valence-electron chi connectivity index (χ2n) is 2.20. The zero-order valence-electron chi connectivity index (χ0n) is 6.23. The first-order valence-corrected chi connectivity index (χ1v) is 4.57. The molecule has 0 heterocycles. The lowest BCUT2D eigenvalue weighted by Crippen LogP contribution is -2.02. The summed E-state index contributed by atoms with van der Waals surface area (Å²) in [5.74, 6) is -0.974. The number of rotatable bonds is 1. The monoisotopic (exact) mass is 201 g/mol. The van der Waals surface area contributed by atoms with Gasteiger partial charge >= 0.3 is 0 Å². The van der Waals surface area contributed by atoms with Crippen molar-refractivity contribution in [1.82, 2.24) is 0 Å². The third-order valence-corrected chi connectivity index (χ3v) is 2.26. The quantitative estimate of drug-likeness (QED) is 0.686. The number of hydrogen-bond donors (Lipinski definition) is 1. The van der Waals surface area contributed by atoms with Crippen LogP contribution in [-0.4, -0.2) is 13.0 Å². The lowest BCUT2D eigenvalue weighted by atomic mass is 10.2. The summed E-state index contributed by atoms with van der Waals surface area (Å²) in [5.41, 5.74) is -0.676. The molecule has 0 saturated heterocycles. The van der Waals surface area contributed by atoms with Crippen LogP contribution in [0.3, 0.4) is 0 Å². The molecule has 1 aromatic carbocycles. The van der Waals surface area contributed by atoms with Gasteiger partial charge in [-0.3, -0.25) is 4.55 Å². The Morgan fingerprint density at radius 1 is 1.46 bits per heavy atom. The second kappa shape index (κ2) is 3.12. The molecule has 0 aromatic heterocycles. The predicted molar refractivity (Wildman–Crippen MR) is 40.9 cm³/mol. The lowest BCUT2D eigenvalue weighted by Gasteiger charge is -1.99. The minimum atomic E-state index is -4.53. The minimum Gasteiger partial charge on any atom is -0.282 e. The number of nitriles is 1. The summed E-state index contributed by atoms with van der Waals surface area (Å²) in [7, 11) is -4.53. The van der Waals surface area contributed by atoms with Gasteiger partial charge in [0, 0.05) is 0 Å². The van der Waals surface area contributed by atoms with Crippen LogP contribution in [0.4, 0.5) is 4.39 Å². The van der Waals surface area contributed by atoms with Crippen molar-refractivity contribution in [3.05, 3.63) is 29.6 Å². The van der Waals surface area contributed by atoms with E-state index in [-0.39, 0.29) is 0 Å². The summed E-state index contributed by atoms with van der Waals surface area (Å²) in [6, 6.07) is 4.35. The van der Waals surface area contributed by atoms with Crippen LogP contribution in [0.1, 0.15) is 5.56 Å². The first-order valence-electron chi connectivity index (χ1n) is 3.13. The molecule has 0 unspecified atom stereocenters. The molecule has 1 aromatic rings.